The minimum Gasteiger partial charge on any atom is -0.490 e. The second kappa shape index (κ2) is 7.23. The van der Waals surface area contributed by atoms with Gasteiger partial charge in [0, 0.05) is 18.2 Å². The molecule has 0 atom stereocenters. The number of methoxy groups -OCH3 is 1. The number of ether oxygens (including phenoxy) is 1. The second-order valence-corrected chi connectivity index (χ2v) is 5.44. The van der Waals surface area contributed by atoms with Crippen molar-refractivity contribution in [2.45, 2.75) is 20.0 Å². The van der Waals surface area contributed by atoms with Crippen LogP contribution in [0.15, 0.2) is 28.9 Å². The fraction of sp³-hybridized carbons (Fsp3) is 0.286. The monoisotopic (exact) mass is 382 g/mol. The van der Waals surface area contributed by atoms with Crippen LogP contribution in [0.3, 0.4) is 0 Å². The Hall–Kier alpha value is -2.42. The van der Waals surface area contributed by atoms with Crippen LogP contribution in [-0.4, -0.2) is 27.7 Å². The normalized spacial score (nSPS) is 10.4. The van der Waals surface area contributed by atoms with E-state index in [-0.39, 0.29) is 23.5 Å². The number of rotatable bonds is 6. The summed E-state index contributed by atoms with van der Waals surface area (Å²) in [5.41, 5.74) is 0.764. The lowest BCUT2D eigenvalue weighted by atomic mass is 10.1. The quantitative estimate of drug-likeness (QED) is 0.611. The molecule has 8 nitrogen and oxygen atoms in total. The fourth-order valence-electron chi connectivity index (χ4n) is 2.08. The van der Waals surface area contributed by atoms with Crippen molar-refractivity contribution >= 4 is 27.5 Å². The van der Waals surface area contributed by atoms with Gasteiger partial charge in [-0.15, -0.1) is 0 Å². The Bertz CT molecular complexity index is 744. The third-order valence-electron chi connectivity index (χ3n) is 3.25. The maximum atomic E-state index is 12.2. The van der Waals surface area contributed by atoms with E-state index in [1.807, 2.05) is 6.92 Å². The van der Waals surface area contributed by atoms with E-state index in [2.05, 4.69) is 26.3 Å². The maximum absolute atomic E-state index is 12.2. The van der Waals surface area contributed by atoms with Gasteiger partial charge in [0.05, 0.1) is 34.9 Å². The summed E-state index contributed by atoms with van der Waals surface area (Å²) in [6.45, 7) is 2.87. The van der Waals surface area contributed by atoms with Gasteiger partial charge in [-0.2, -0.15) is 5.10 Å². The Morgan fingerprint density at radius 2 is 2.26 bits per heavy atom. The van der Waals surface area contributed by atoms with Crippen molar-refractivity contribution in [3.8, 4) is 5.75 Å². The number of benzene rings is 1. The van der Waals surface area contributed by atoms with Gasteiger partial charge in [-0.05, 0) is 35.0 Å². The Balaban J connectivity index is 2.16. The predicted octanol–water partition coefficient (Wildman–Crippen LogP) is 2.51. The molecule has 1 heterocycles. The molecule has 9 heteroatoms. The lowest BCUT2D eigenvalue weighted by Gasteiger charge is -2.09. The molecule has 0 radical (unpaired) electrons. The molecular formula is C14H15BrN4O4. The highest BCUT2D eigenvalue weighted by atomic mass is 79.9. The van der Waals surface area contributed by atoms with Gasteiger partial charge in [-0.3, -0.25) is 19.6 Å². The average molecular weight is 383 g/mol. The van der Waals surface area contributed by atoms with E-state index in [9.17, 15) is 14.9 Å². The highest BCUT2D eigenvalue weighted by molar-refractivity contribution is 9.10. The molecule has 0 bridgehead atoms. The van der Waals surface area contributed by atoms with Crippen LogP contribution < -0.4 is 10.1 Å². The van der Waals surface area contributed by atoms with Crippen molar-refractivity contribution in [2.75, 3.05) is 7.11 Å². The summed E-state index contributed by atoms with van der Waals surface area (Å²) in [5.74, 6) is -0.301. The number of carbonyl (C=O) groups excluding carboxylic acids is 1. The second-order valence-electron chi connectivity index (χ2n) is 4.58. The Morgan fingerprint density at radius 1 is 1.52 bits per heavy atom. The van der Waals surface area contributed by atoms with E-state index < -0.39 is 10.8 Å². The zero-order valence-electron chi connectivity index (χ0n) is 12.6. The molecule has 23 heavy (non-hydrogen) atoms. The highest BCUT2D eigenvalue weighted by Gasteiger charge is 2.18. The highest BCUT2D eigenvalue weighted by Crippen LogP contribution is 2.27. The number of nitrogens with one attached hydrogen (secondary N) is 1. The molecule has 0 aliphatic carbocycles. The van der Waals surface area contributed by atoms with Crippen LogP contribution in [0, 0.1) is 10.1 Å². The van der Waals surface area contributed by atoms with Crippen molar-refractivity contribution in [1.82, 2.24) is 15.1 Å². The fourth-order valence-corrected chi connectivity index (χ4v) is 2.51. The molecule has 0 saturated carbocycles. The number of nitro groups is 1. The molecule has 1 aromatic heterocycles. The van der Waals surface area contributed by atoms with Crippen molar-refractivity contribution in [3.63, 3.8) is 0 Å². The first-order chi connectivity index (χ1) is 11.0. The summed E-state index contributed by atoms with van der Waals surface area (Å²) in [7, 11) is 1.34. The van der Waals surface area contributed by atoms with E-state index in [1.165, 1.54) is 25.3 Å². The standard InChI is InChI=1S/C14H15BrN4O4/c1-3-18-12(10(15)7-17-18)8-16-14(20)9-4-5-13(23-2)11(6-9)19(21)22/h4-7H,3,8H2,1-2H3,(H,16,20). The van der Waals surface area contributed by atoms with Crippen LogP contribution in [0.1, 0.15) is 23.0 Å². The smallest absolute Gasteiger partial charge is 0.311 e. The first kappa shape index (κ1) is 16.9. The zero-order valence-corrected chi connectivity index (χ0v) is 14.2. The van der Waals surface area contributed by atoms with Crippen LogP contribution in [0.5, 0.6) is 5.75 Å². The van der Waals surface area contributed by atoms with Crippen molar-refractivity contribution in [1.29, 1.82) is 0 Å². The van der Waals surface area contributed by atoms with Crippen LogP contribution in [0.2, 0.25) is 0 Å². The van der Waals surface area contributed by atoms with Crippen LogP contribution in [-0.2, 0) is 13.1 Å². The number of amides is 1. The molecule has 1 N–H and O–H groups in total. The number of nitro benzene ring substituents is 1. The summed E-state index contributed by atoms with van der Waals surface area (Å²) in [5, 5.41) is 17.9. The third-order valence-corrected chi connectivity index (χ3v) is 3.91. The average Bonchev–Trinajstić information content (AvgIpc) is 2.91. The number of nitrogens with zero attached hydrogens (tertiary/aromatic N) is 3. The first-order valence-electron chi connectivity index (χ1n) is 6.78. The summed E-state index contributed by atoms with van der Waals surface area (Å²) in [4.78, 5) is 22.6. The SMILES string of the molecule is CCn1ncc(Br)c1CNC(=O)c1ccc(OC)c([N+](=O)[O-])c1. The van der Waals surface area contributed by atoms with Gasteiger partial charge in [0.25, 0.3) is 5.91 Å². The van der Waals surface area contributed by atoms with Crippen LogP contribution in [0.4, 0.5) is 5.69 Å². The van der Waals surface area contributed by atoms with Gasteiger partial charge in [0.1, 0.15) is 0 Å². The number of halogens is 1. The molecule has 0 unspecified atom stereocenters. The first-order valence-corrected chi connectivity index (χ1v) is 7.58. The van der Waals surface area contributed by atoms with Crippen molar-refractivity contribution in [2.24, 2.45) is 0 Å². The Kier molecular flexibility index (Phi) is 5.32. The predicted molar refractivity (Wildman–Crippen MR) is 86.4 cm³/mol. The number of hydrogen-bond acceptors (Lipinski definition) is 5. The number of aryl methyl sites for hydroxylation is 1. The molecule has 122 valence electrons. The Labute approximate surface area is 140 Å². The largest absolute Gasteiger partial charge is 0.490 e. The minimum absolute atomic E-state index is 0.110. The molecule has 2 aromatic rings. The van der Waals surface area contributed by atoms with Gasteiger partial charge in [-0.25, -0.2) is 0 Å². The van der Waals surface area contributed by atoms with Crippen LogP contribution >= 0.6 is 15.9 Å². The molecule has 1 aromatic carbocycles. The van der Waals surface area contributed by atoms with Crippen molar-refractivity contribution in [3.05, 3.63) is 50.2 Å². The van der Waals surface area contributed by atoms with Gasteiger partial charge in [0.2, 0.25) is 0 Å². The van der Waals surface area contributed by atoms with E-state index in [4.69, 9.17) is 4.74 Å². The number of aromatic nitrogens is 2. The molecule has 0 fully saturated rings. The van der Waals surface area contributed by atoms with Gasteiger partial charge in [-0.1, -0.05) is 0 Å². The molecule has 1 amide bonds. The van der Waals surface area contributed by atoms with Gasteiger partial charge >= 0.3 is 5.69 Å². The zero-order chi connectivity index (χ0) is 17.0. The number of carbonyl (C=O) groups is 1. The number of hydrogen-bond donors (Lipinski definition) is 1. The topological polar surface area (TPSA) is 99.3 Å². The molecule has 0 aliphatic rings. The summed E-state index contributed by atoms with van der Waals surface area (Å²) in [6, 6.07) is 4.08. The summed E-state index contributed by atoms with van der Waals surface area (Å²) >= 11 is 3.37. The van der Waals surface area contributed by atoms with Crippen LogP contribution in [0.25, 0.3) is 0 Å². The van der Waals surface area contributed by atoms with E-state index in [0.717, 1.165) is 10.2 Å². The van der Waals surface area contributed by atoms with E-state index in [0.29, 0.717) is 6.54 Å². The lowest BCUT2D eigenvalue weighted by Crippen LogP contribution is -2.24. The minimum atomic E-state index is -0.585. The van der Waals surface area contributed by atoms with Gasteiger partial charge < -0.3 is 10.1 Å². The summed E-state index contributed by atoms with van der Waals surface area (Å²) < 4.78 is 7.46. The van der Waals surface area contributed by atoms with E-state index in [1.54, 1.807) is 10.9 Å². The van der Waals surface area contributed by atoms with Gasteiger partial charge in [0.15, 0.2) is 5.75 Å². The lowest BCUT2D eigenvalue weighted by molar-refractivity contribution is -0.385. The maximum Gasteiger partial charge on any atom is 0.311 e. The van der Waals surface area contributed by atoms with E-state index >= 15 is 0 Å². The molecule has 0 saturated heterocycles. The third kappa shape index (κ3) is 3.67. The summed E-state index contributed by atoms with van der Waals surface area (Å²) in [6.07, 6.45) is 1.66. The molecule has 0 spiro atoms. The molecule has 0 aliphatic heterocycles. The molecular weight excluding hydrogens is 368 g/mol. The van der Waals surface area contributed by atoms with Crippen molar-refractivity contribution < 1.29 is 14.5 Å². The molecule has 2 rings (SSSR count). The Morgan fingerprint density at radius 3 is 2.87 bits per heavy atom.